The maximum Gasteiger partial charge on any atom is 0.119 e. The summed E-state index contributed by atoms with van der Waals surface area (Å²) in [7, 11) is 0. The number of aliphatic hydroxyl groups is 1. The summed E-state index contributed by atoms with van der Waals surface area (Å²) in [6.07, 6.45) is 6.23. The Labute approximate surface area is 89.0 Å². The third-order valence-electron chi connectivity index (χ3n) is 2.92. The molecule has 2 nitrogen and oxygen atoms in total. The van der Waals surface area contributed by atoms with E-state index in [2.05, 4.69) is 11.9 Å². The van der Waals surface area contributed by atoms with E-state index in [4.69, 9.17) is 5.11 Å². The fraction of sp³-hybridized carbons (Fsp3) is 0.727. The number of aryl methyl sites for hydroxylation is 1. The van der Waals surface area contributed by atoms with E-state index in [1.165, 1.54) is 36.3 Å². The van der Waals surface area contributed by atoms with Crippen LogP contribution in [0.15, 0.2) is 0 Å². The van der Waals surface area contributed by atoms with Crippen molar-refractivity contribution in [2.75, 3.05) is 0 Å². The van der Waals surface area contributed by atoms with Crippen LogP contribution in [0.2, 0.25) is 0 Å². The average molecular weight is 211 g/mol. The molecule has 0 saturated heterocycles. The average Bonchev–Trinajstić information content (AvgIpc) is 2.60. The van der Waals surface area contributed by atoms with Gasteiger partial charge in [0.1, 0.15) is 5.01 Å². The zero-order chi connectivity index (χ0) is 9.97. The lowest BCUT2D eigenvalue weighted by Crippen LogP contribution is -2.12. The molecule has 1 aromatic rings. The van der Waals surface area contributed by atoms with Crippen LogP contribution < -0.4 is 0 Å². The highest BCUT2D eigenvalue weighted by molar-refractivity contribution is 7.11. The molecule has 0 saturated carbocycles. The normalized spacial score (nSPS) is 20.9. The number of aromatic nitrogens is 1. The van der Waals surface area contributed by atoms with Gasteiger partial charge in [-0.05, 0) is 25.2 Å². The molecule has 0 radical (unpaired) electrons. The van der Waals surface area contributed by atoms with Crippen LogP contribution in [-0.2, 0) is 19.4 Å². The second-order valence-electron chi connectivity index (χ2n) is 4.03. The Morgan fingerprint density at radius 3 is 3.14 bits per heavy atom. The van der Waals surface area contributed by atoms with Crippen LogP contribution >= 0.6 is 11.3 Å². The number of hydrogen-bond acceptors (Lipinski definition) is 3. The molecule has 1 N–H and O–H groups in total. The molecule has 78 valence electrons. The molecule has 0 aromatic carbocycles. The molecule has 14 heavy (non-hydrogen) atoms. The van der Waals surface area contributed by atoms with Crippen molar-refractivity contribution < 1.29 is 5.11 Å². The van der Waals surface area contributed by atoms with E-state index >= 15 is 0 Å². The molecule has 3 heteroatoms. The van der Waals surface area contributed by atoms with Gasteiger partial charge in [-0.3, -0.25) is 0 Å². The molecule has 1 aromatic heterocycles. The van der Waals surface area contributed by atoms with Crippen LogP contribution in [0.3, 0.4) is 0 Å². The molecule has 0 aliphatic heterocycles. The number of thiazole rings is 1. The lowest BCUT2D eigenvalue weighted by molar-refractivity contribution is 0.281. The Balaban J connectivity index is 2.09. The van der Waals surface area contributed by atoms with Crippen molar-refractivity contribution in [1.29, 1.82) is 0 Å². The van der Waals surface area contributed by atoms with Gasteiger partial charge < -0.3 is 5.11 Å². The van der Waals surface area contributed by atoms with E-state index < -0.39 is 0 Å². The van der Waals surface area contributed by atoms with Crippen LogP contribution in [0, 0.1) is 5.92 Å². The van der Waals surface area contributed by atoms with Gasteiger partial charge in [-0.1, -0.05) is 19.8 Å². The molecule has 1 aliphatic carbocycles. The first-order valence-corrected chi connectivity index (χ1v) is 6.23. The topological polar surface area (TPSA) is 33.1 Å². The molecular formula is C11H17NOS. The van der Waals surface area contributed by atoms with Crippen molar-refractivity contribution >= 4 is 11.3 Å². The molecule has 2 rings (SSSR count). The summed E-state index contributed by atoms with van der Waals surface area (Å²) in [5, 5.41) is 9.90. The second-order valence-corrected chi connectivity index (χ2v) is 5.20. The summed E-state index contributed by atoms with van der Waals surface area (Å²) in [5.41, 5.74) is 1.26. The van der Waals surface area contributed by atoms with Gasteiger partial charge in [0.2, 0.25) is 0 Å². The molecule has 1 atom stereocenters. The standard InChI is InChI=1S/C11H17NOS/c1-2-3-8-4-5-9-10(6-8)14-11(7-13)12-9/h8,13H,2-7H2,1H3. The Kier molecular flexibility index (Phi) is 3.19. The number of aliphatic hydroxyl groups excluding tert-OH is 1. The third-order valence-corrected chi connectivity index (χ3v) is 4.02. The highest BCUT2D eigenvalue weighted by atomic mass is 32.1. The highest BCUT2D eigenvalue weighted by Gasteiger charge is 2.21. The van der Waals surface area contributed by atoms with Gasteiger partial charge in [0.15, 0.2) is 0 Å². The van der Waals surface area contributed by atoms with E-state index in [0.717, 1.165) is 17.3 Å². The van der Waals surface area contributed by atoms with E-state index in [-0.39, 0.29) is 6.61 Å². The lowest BCUT2D eigenvalue weighted by atomic mass is 9.88. The Morgan fingerprint density at radius 1 is 1.57 bits per heavy atom. The van der Waals surface area contributed by atoms with Crippen LogP contribution in [-0.4, -0.2) is 10.1 Å². The third kappa shape index (κ3) is 1.98. The van der Waals surface area contributed by atoms with Gasteiger partial charge in [-0.2, -0.15) is 0 Å². The van der Waals surface area contributed by atoms with Gasteiger partial charge in [0, 0.05) is 4.88 Å². The predicted molar refractivity (Wildman–Crippen MR) is 58.5 cm³/mol. The van der Waals surface area contributed by atoms with Crippen molar-refractivity contribution in [2.24, 2.45) is 5.92 Å². The minimum absolute atomic E-state index is 0.107. The summed E-state index contributed by atoms with van der Waals surface area (Å²) in [4.78, 5) is 5.86. The first-order valence-electron chi connectivity index (χ1n) is 5.41. The fourth-order valence-corrected chi connectivity index (χ4v) is 3.31. The Bertz CT molecular complexity index is 308. The molecule has 1 unspecified atom stereocenters. The molecule has 1 heterocycles. The number of rotatable bonds is 3. The van der Waals surface area contributed by atoms with Crippen molar-refractivity contribution in [3.05, 3.63) is 15.6 Å². The quantitative estimate of drug-likeness (QED) is 0.833. The second kappa shape index (κ2) is 4.41. The van der Waals surface area contributed by atoms with Gasteiger partial charge in [-0.15, -0.1) is 11.3 Å². The summed E-state index contributed by atoms with van der Waals surface area (Å²) in [5.74, 6) is 0.861. The van der Waals surface area contributed by atoms with Crippen LogP contribution in [0.1, 0.15) is 41.8 Å². The molecule has 0 spiro atoms. The number of hydrogen-bond donors (Lipinski definition) is 1. The minimum atomic E-state index is 0.107. The number of nitrogens with zero attached hydrogens (tertiary/aromatic N) is 1. The molecule has 0 bridgehead atoms. The predicted octanol–water partition coefficient (Wildman–Crippen LogP) is 2.54. The van der Waals surface area contributed by atoms with Crippen LogP contribution in [0.5, 0.6) is 0 Å². The van der Waals surface area contributed by atoms with Gasteiger partial charge >= 0.3 is 0 Å². The van der Waals surface area contributed by atoms with Crippen molar-refractivity contribution in [3.8, 4) is 0 Å². The summed E-state index contributed by atoms with van der Waals surface area (Å²) in [6, 6.07) is 0. The van der Waals surface area contributed by atoms with Crippen LogP contribution in [0.4, 0.5) is 0 Å². The summed E-state index contributed by atoms with van der Waals surface area (Å²) >= 11 is 1.70. The van der Waals surface area contributed by atoms with E-state index in [1.807, 2.05) is 0 Å². The Morgan fingerprint density at radius 2 is 2.43 bits per heavy atom. The van der Waals surface area contributed by atoms with Gasteiger partial charge in [0.05, 0.1) is 12.3 Å². The summed E-state index contributed by atoms with van der Waals surface area (Å²) < 4.78 is 0. The van der Waals surface area contributed by atoms with Crippen LogP contribution in [0.25, 0.3) is 0 Å². The van der Waals surface area contributed by atoms with E-state index in [9.17, 15) is 0 Å². The number of fused-ring (bicyclic) bond motifs is 1. The highest BCUT2D eigenvalue weighted by Crippen LogP contribution is 2.31. The molecule has 0 fully saturated rings. The van der Waals surface area contributed by atoms with E-state index in [0.29, 0.717) is 0 Å². The first kappa shape index (κ1) is 10.1. The SMILES string of the molecule is CCCC1CCc2nc(CO)sc2C1. The first-order chi connectivity index (χ1) is 6.83. The zero-order valence-corrected chi connectivity index (χ0v) is 9.44. The Hall–Kier alpha value is -0.410. The zero-order valence-electron chi connectivity index (χ0n) is 8.62. The largest absolute Gasteiger partial charge is 0.389 e. The smallest absolute Gasteiger partial charge is 0.119 e. The summed E-state index contributed by atoms with van der Waals surface area (Å²) in [6.45, 7) is 2.36. The van der Waals surface area contributed by atoms with Crippen molar-refractivity contribution in [2.45, 2.75) is 45.6 Å². The van der Waals surface area contributed by atoms with Gasteiger partial charge in [-0.25, -0.2) is 4.98 Å². The maximum atomic E-state index is 9.00. The fourth-order valence-electron chi connectivity index (χ4n) is 2.22. The molecule has 0 amide bonds. The van der Waals surface area contributed by atoms with Crippen molar-refractivity contribution in [1.82, 2.24) is 4.98 Å². The lowest BCUT2D eigenvalue weighted by Gasteiger charge is -2.20. The molecule has 1 aliphatic rings. The van der Waals surface area contributed by atoms with Gasteiger partial charge in [0.25, 0.3) is 0 Å². The minimum Gasteiger partial charge on any atom is -0.389 e. The molecular weight excluding hydrogens is 194 g/mol. The maximum absolute atomic E-state index is 9.00. The van der Waals surface area contributed by atoms with E-state index in [1.54, 1.807) is 11.3 Å². The van der Waals surface area contributed by atoms with Crippen molar-refractivity contribution in [3.63, 3.8) is 0 Å². The monoisotopic (exact) mass is 211 g/mol.